The number of rotatable bonds is 6. The molecule has 3 rings (SSSR count). The van der Waals surface area contributed by atoms with Crippen molar-refractivity contribution < 1.29 is 22.7 Å². The summed E-state index contributed by atoms with van der Waals surface area (Å²) in [5.41, 5.74) is 0.664. The van der Waals surface area contributed by atoms with Crippen LogP contribution in [-0.2, 0) is 19.6 Å². The van der Waals surface area contributed by atoms with Crippen molar-refractivity contribution in [2.24, 2.45) is 11.3 Å². The van der Waals surface area contributed by atoms with Gasteiger partial charge in [0.25, 0.3) is 10.0 Å². The second-order valence-electron chi connectivity index (χ2n) is 8.68. The van der Waals surface area contributed by atoms with E-state index < -0.39 is 15.4 Å². The molecule has 2 aromatic carbocycles. The lowest BCUT2D eigenvalue weighted by Crippen LogP contribution is -2.42. The summed E-state index contributed by atoms with van der Waals surface area (Å²) in [5, 5.41) is 2.73. The molecule has 1 aliphatic rings. The van der Waals surface area contributed by atoms with Crippen molar-refractivity contribution in [1.82, 2.24) is 0 Å². The molecule has 2 aromatic rings. The van der Waals surface area contributed by atoms with Gasteiger partial charge in [0, 0.05) is 18.2 Å². The molecule has 0 unspecified atom stereocenters. The van der Waals surface area contributed by atoms with Crippen molar-refractivity contribution in [3.8, 4) is 5.75 Å². The summed E-state index contributed by atoms with van der Waals surface area (Å²) in [5.74, 6) is 0.110. The Kier molecular flexibility index (Phi) is 6.50. The van der Waals surface area contributed by atoms with Crippen LogP contribution in [0.1, 0.15) is 34.6 Å². The summed E-state index contributed by atoms with van der Waals surface area (Å²) in [6, 6.07) is 10.8. The number of hydrogen-bond acceptors (Lipinski definition) is 5. The van der Waals surface area contributed by atoms with Gasteiger partial charge in [-0.2, -0.15) is 0 Å². The molecule has 0 spiro atoms. The zero-order valence-electron chi connectivity index (χ0n) is 18.9. The molecule has 0 fully saturated rings. The molecule has 9 heteroatoms. The van der Waals surface area contributed by atoms with Gasteiger partial charge in [-0.25, -0.2) is 8.42 Å². The number of carbonyl (C=O) groups excluding carboxylic acids is 2. The lowest BCUT2D eigenvalue weighted by atomic mass is 9.93. The Labute approximate surface area is 189 Å². The van der Waals surface area contributed by atoms with E-state index in [0.29, 0.717) is 29.4 Å². The lowest BCUT2D eigenvalue weighted by Gasteiger charge is -2.27. The summed E-state index contributed by atoms with van der Waals surface area (Å²) in [4.78, 5) is 26.4. The molecule has 32 heavy (non-hydrogen) atoms. The van der Waals surface area contributed by atoms with E-state index in [4.69, 9.17) is 4.74 Å². The minimum atomic E-state index is -3.88. The van der Waals surface area contributed by atoms with Crippen LogP contribution in [0.3, 0.4) is 0 Å². The van der Waals surface area contributed by atoms with Gasteiger partial charge in [-0.3, -0.25) is 14.3 Å². The Bertz CT molecular complexity index is 1120. The maximum Gasteiger partial charge on any atom is 0.261 e. The topological polar surface area (TPSA) is 105 Å². The van der Waals surface area contributed by atoms with Crippen molar-refractivity contribution in [3.05, 3.63) is 42.5 Å². The van der Waals surface area contributed by atoms with Crippen molar-refractivity contribution >= 4 is 38.9 Å². The summed E-state index contributed by atoms with van der Waals surface area (Å²) in [6.45, 7) is 9.72. The summed E-state index contributed by atoms with van der Waals surface area (Å²) >= 11 is 0. The number of ether oxygens (including phenoxy) is 1. The predicted octanol–water partition coefficient (Wildman–Crippen LogP) is 3.85. The number of hydrogen-bond donors (Lipinski definition) is 2. The summed E-state index contributed by atoms with van der Waals surface area (Å²) in [7, 11) is -3.88. The van der Waals surface area contributed by atoms with E-state index in [9.17, 15) is 18.0 Å². The zero-order chi connectivity index (χ0) is 23.7. The number of benzene rings is 2. The fourth-order valence-electron chi connectivity index (χ4n) is 3.24. The molecular formula is C23H29N3O5S. The molecular weight excluding hydrogens is 430 g/mol. The van der Waals surface area contributed by atoms with Gasteiger partial charge in [-0.05, 0) is 63.2 Å². The number of sulfonamides is 1. The molecule has 0 atom stereocenters. The van der Waals surface area contributed by atoms with E-state index in [1.165, 1.54) is 12.1 Å². The van der Waals surface area contributed by atoms with Crippen LogP contribution in [0, 0.1) is 11.3 Å². The number of amides is 2. The van der Waals surface area contributed by atoms with E-state index in [-0.39, 0.29) is 29.2 Å². The van der Waals surface area contributed by atoms with Gasteiger partial charge in [-0.1, -0.05) is 13.8 Å². The highest BCUT2D eigenvalue weighted by molar-refractivity contribution is 7.92. The Balaban J connectivity index is 1.85. The van der Waals surface area contributed by atoms with Gasteiger partial charge in [0.05, 0.1) is 21.7 Å². The van der Waals surface area contributed by atoms with Gasteiger partial charge in [-0.15, -0.1) is 0 Å². The van der Waals surface area contributed by atoms with E-state index in [1.807, 2.05) is 20.8 Å². The van der Waals surface area contributed by atoms with Gasteiger partial charge in [0.2, 0.25) is 11.8 Å². The van der Waals surface area contributed by atoms with Crippen LogP contribution in [0.25, 0.3) is 0 Å². The average molecular weight is 460 g/mol. The van der Waals surface area contributed by atoms with Crippen LogP contribution in [-0.4, -0.2) is 33.4 Å². The van der Waals surface area contributed by atoms with Crippen molar-refractivity contribution in [1.29, 1.82) is 0 Å². The first-order valence-electron chi connectivity index (χ1n) is 10.5. The summed E-state index contributed by atoms with van der Waals surface area (Å²) < 4.78 is 34.2. The first-order chi connectivity index (χ1) is 14.9. The van der Waals surface area contributed by atoms with E-state index >= 15 is 0 Å². The minimum Gasteiger partial charge on any atom is -0.490 e. The smallest absolute Gasteiger partial charge is 0.261 e. The SMILES string of the molecule is CCN1C(=O)C(C)(C)COc2ccc(NS(=O)(=O)c3ccc(NC(=O)C(C)C)cc3)cc21. The molecule has 8 nitrogen and oxygen atoms in total. The van der Waals surface area contributed by atoms with Gasteiger partial charge >= 0.3 is 0 Å². The minimum absolute atomic E-state index is 0.0517. The van der Waals surface area contributed by atoms with Crippen LogP contribution in [0.2, 0.25) is 0 Å². The molecule has 0 saturated heterocycles. The number of nitrogens with zero attached hydrogens (tertiary/aromatic N) is 1. The zero-order valence-corrected chi connectivity index (χ0v) is 19.7. The van der Waals surface area contributed by atoms with Crippen LogP contribution in [0.5, 0.6) is 5.75 Å². The number of carbonyl (C=O) groups is 2. The average Bonchev–Trinajstić information content (AvgIpc) is 2.82. The molecule has 172 valence electrons. The van der Waals surface area contributed by atoms with Crippen LogP contribution < -0.4 is 19.7 Å². The Hall–Kier alpha value is -3.07. The van der Waals surface area contributed by atoms with Crippen LogP contribution >= 0.6 is 0 Å². The largest absolute Gasteiger partial charge is 0.490 e. The molecule has 0 aromatic heterocycles. The third kappa shape index (κ3) is 4.88. The van der Waals surface area contributed by atoms with Crippen molar-refractivity contribution in [3.63, 3.8) is 0 Å². The van der Waals surface area contributed by atoms with Crippen molar-refractivity contribution in [2.45, 2.75) is 39.5 Å². The first-order valence-corrected chi connectivity index (χ1v) is 12.0. The number of fused-ring (bicyclic) bond motifs is 1. The molecule has 0 aliphatic carbocycles. The number of anilines is 3. The Morgan fingerprint density at radius 2 is 1.75 bits per heavy atom. The maximum atomic E-state index is 12.9. The molecule has 0 saturated carbocycles. The van der Waals surface area contributed by atoms with Crippen molar-refractivity contribution in [2.75, 3.05) is 28.1 Å². The molecule has 2 amide bonds. The molecule has 0 radical (unpaired) electrons. The van der Waals surface area contributed by atoms with Gasteiger partial charge in [0.15, 0.2) is 0 Å². The lowest BCUT2D eigenvalue weighted by molar-refractivity contribution is -0.127. The maximum absolute atomic E-state index is 12.9. The third-order valence-corrected chi connectivity index (χ3v) is 6.58. The van der Waals surface area contributed by atoms with E-state index in [0.717, 1.165) is 0 Å². The molecule has 1 heterocycles. The van der Waals surface area contributed by atoms with Crippen LogP contribution in [0.4, 0.5) is 17.1 Å². The highest BCUT2D eigenvalue weighted by Crippen LogP contribution is 2.38. The molecule has 0 bridgehead atoms. The van der Waals surface area contributed by atoms with E-state index in [1.54, 1.807) is 49.1 Å². The third-order valence-electron chi connectivity index (χ3n) is 5.19. The normalized spacial score (nSPS) is 15.6. The standard InChI is InChI=1S/C23H29N3O5S/c1-6-26-19-13-17(9-12-20(19)31-14-23(4,5)22(26)28)25-32(29,30)18-10-7-16(8-11-18)24-21(27)15(2)3/h7-13,15,25H,6,14H2,1-5H3,(H,24,27). The Morgan fingerprint density at radius 3 is 2.34 bits per heavy atom. The highest BCUT2D eigenvalue weighted by atomic mass is 32.2. The monoisotopic (exact) mass is 459 g/mol. The summed E-state index contributed by atoms with van der Waals surface area (Å²) in [6.07, 6.45) is 0. The fourth-order valence-corrected chi connectivity index (χ4v) is 4.29. The quantitative estimate of drug-likeness (QED) is 0.683. The van der Waals surface area contributed by atoms with E-state index in [2.05, 4.69) is 10.0 Å². The second-order valence-corrected chi connectivity index (χ2v) is 10.4. The van der Waals surface area contributed by atoms with Gasteiger partial charge < -0.3 is 15.0 Å². The van der Waals surface area contributed by atoms with Gasteiger partial charge in [0.1, 0.15) is 12.4 Å². The first kappa shape index (κ1) is 23.6. The van der Waals surface area contributed by atoms with Crippen LogP contribution in [0.15, 0.2) is 47.4 Å². The Morgan fingerprint density at radius 1 is 1.12 bits per heavy atom. The second kappa shape index (κ2) is 8.82. The molecule has 2 N–H and O–H groups in total. The number of nitrogens with one attached hydrogen (secondary N) is 2. The highest BCUT2D eigenvalue weighted by Gasteiger charge is 2.37. The predicted molar refractivity (Wildman–Crippen MR) is 124 cm³/mol. The molecule has 1 aliphatic heterocycles. The fraction of sp³-hybridized carbons (Fsp3) is 0.391.